The third-order valence-electron chi connectivity index (χ3n) is 4.29. The zero-order valence-corrected chi connectivity index (χ0v) is 18.3. The van der Waals surface area contributed by atoms with Gasteiger partial charge in [-0.05, 0) is 52.3 Å². The molecule has 31 heavy (non-hydrogen) atoms. The monoisotopic (exact) mass is 499 g/mol. The van der Waals surface area contributed by atoms with Crippen molar-refractivity contribution in [2.24, 2.45) is 0 Å². The second-order valence-corrected chi connectivity index (χ2v) is 7.70. The van der Waals surface area contributed by atoms with E-state index in [0.29, 0.717) is 37.7 Å². The van der Waals surface area contributed by atoms with Crippen LogP contribution in [-0.4, -0.2) is 12.5 Å². The molecule has 0 spiro atoms. The molecule has 4 aromatic rings. The summed E-state index contributed by atoms with van der Waals surface area (Å²) < 4.78 is 17.5. The average molecular weight is 501 g/mol. The number of amides is 1. The van der Waals surface area contributed by atoms with Gasteiger partial charge < -0.3 is 19.2 Å². The van der Waals surface area contributed by atoms with Crippen molar-refractivity contribution >= 4 is 50.1 Å². The number of ether oxygens (including phenoxy) is 2. The molecule has 1 amide bonds. The Bertz CT molecular complexity index is 1320. The van der Waals surface area contributed by atoms with Gasteiger partial charge in [0.25, 0.3) is 5.91 Å². The van der Waals surface area contributed by atoms with Crippen LogP contribution in [0.25, 0.3) is 11.0 Å². The summed E-state index contributed by atoms with van der Waals surface area (Å²) in [5, 5.41) is 3.44. The van der Waals surface area contributed by atoms with Crippen molar-refractivity contribution in [3.05, 3.63) is 92.7 Å². The molecular weight excluding hydrogens is 486 g/mol. The van der Waals surface area contributed by atoms with Crippen molar-refractivity contribution in [1.82, 2.24) is 0 Å². The van der Waals surface area contributed by atoms with Gasteiger partial charge in [0.15, 0.2) is 6.61 Å². The van der Waals surface area contributed by atoms with E-state index in [9.17, 15) is 9.59 Å². The zero-order chi connectivity index (χ0) is 21.8. The van der Waals surface area contributed by atoms with Crippen LogP contribution in [-0.2, 0) is 4.79 Å². The van der Waals surface area contributed by atoms with E-state index < -0.39 is 0 Å². The first kappa shape index (κ1) is 21.0. The summed E-state index contributed by atoms with van der Waals surface area (Å²) in [4.78, 5) is 24.9. The van der Waals surface area contributed by atoms with E-state index in [1.807, 2.05) is 12.1 Å². The summed E-state index contributed by atoms with van der Waals surface area (Å²) in [6.07, 6.45) is 1.25. The Morgan fingerprint density at radius 1 is 1.03 bits per heavy atom. The van der Waals surface area contributed by atoms with E-state index in [1.54, 1.807) is 54.6 Å². The predicted octanol–water partition coefficient (Wildman–Crippen LogP) is 6.02. The molecule has 1 heterocycles. The number of fused-ring (bicyclic) bond motifs is 1. The van der Waals surface area contributed by atoms with Crippen LogP contribution < -0.4 is 20.2 Å². The van der Waals surface area contributed by atoms with Crippen molar-refractivity contribution < 1.29 is 18.7 Å². The normalized spacial score (nSPS) is 10.6. The molecule has 0 aliphatic heterocycles. The topological polar surface area (TPSA) is 77.8 Å². The summed E-state index contributed by atoms with van der Waals surface area (Å²) in [5.41, 5.74) is 0.494. The fourth-order valence-electron chi connectivity index (χ4n) is 2.79. The second kappa shape index (κ2) is 9.24. The molecule has 156 valence electrons. The average Bonchev–Trinajstić information content (AvgIpc) is 2.77. The van der Waals surface area contributed by atoms with Gasteiger partial charge in [0.05, 0.1) is 20.6 Å². The molecule has 0 saturated carbocycles. The summed E-state index contributed by atoms with van der Waals surface area (Å²) in [5.74, 6) is 0.571. The Balaban J connectivity index is 1.47. The lowest BCUT2D eigenvalue weighted by Gasteiger charge is -2.10. The molecule has 0 atom stereocenters. The smallest absolute Gasteiger partial charge is 0.262 e. The van der Waals surface area contributed by atoms with Crippen molar-refractivity contribution in [2.75, 3.05) is 11.9 Å². The first-order valence-corrected chi connectivity index (χ1v) is 10.3. The lowest BCUT2D eigenvalue weighted by Crippen LogP contribution is -2.20. The Labute approximate surface area is 190 Å². The Kier molecular flexibility index (Phi) is 6.25. The van der Waals surface area contributed by atoms with Gasteiger partial charge in [-0.1, -0.05) is 35.9 Å². The van der Waals surface area contributed by atoms with Crippen LogP contribution in [0.4, 0.5) is 5.69 Å². The molecule has 3 aromatic carbocycles. The van der Waals surface area contributed by atoms with Gasteiger partial charge in [-0.25, -0.2) is 0 Å². The maximum Gasteiger partial charge on any atom is 0.262 e. The minimum Gasteiger partial charge on any atom is -0.484 e. The van der Waals surface area contributed by atoms with Gasteiger partial charge in [-0.3, -0.25) is 9.59 Å². The van der Waals surface area contributed by atoms with E-state index in [4.69, 9.17) is 25.5 Å². The highest BCUT2D eigenvalue weighted by Gasteiger charge is 2.12. The van der Waals surface area contributed by atoms with Crippen LogP contribution in [0, 0.1) is 0 Å². The van der Waals surface area contributed by atoms with Crippen LogP contribution in [0.15, 0.2) is 86.7 Å². The zero-order valence-electron chi connectivity index (χ0n) is 15.9. The first-order chi connectivity index (χ1) is 15.0. The van der Waals surface area contributed by atoms with Gasteiger partial charge in [-0.2, -0.15) is 0 Å². The van der Waals surface area contributed by atoms with E-state index in [-0.39, 0.29) is 23.7 Å². The standard InChI is InChI=1S/C23H15BrClNO5/c24-16-5-1-4-8-19(16)31-21-12-30-20-11-14(9-10-15(20)23(21)28)29-13-22(27)26-18-7-3-2-6-17(18)25/h1-12H,13H2,(H,26,27). The highest BCUT2D eigenvalue weighted by molar-refractivity contribution is 9.10. The van der Waals surface area contributed by atoms with Crippen LogP contribution in [0.3, 0.4) is 0 Å². The van der Waals surface area contributed by atoms with E-state index >= 15 is 0 Å². The molecule has 0 bridgehead atoms. The molecule has 6 nitrogen and oxygen atoms in total. The summed E-state index contributed by atoms with van der Waals surface area (Å²) in [6, 6.07) is 18.8. The maximum absolute atomic E-state index is 12.7. The van der Waals surface area contributed by atoms with Gasteiger partial charge >= 0.3 is 0 Å². The van der Waals surface area contributed by atoms with Gasteiger partial charge in [0.2, 0.25) is 11.2 Å². The van der Waals surface area contributed by atoms with Crippen molar-refractivity contribution in [3.63, 3.8) is 0 Å². The minimum atomic E-state index is -0.369. The van der Waals surface area contributed by atoms with Crippen LogP contribution in [0.1, 0.15) is 0 Å². The van der Waals surface area contributed by atoms with Crippen LogP contribution in [0.2, 0.25) is 5.02 Å². The van der Waals surface area contributed by atoms with Crippen molar-refractivity contribution in [1.29, 1.82) is 0 Å². The summed E-state index contributed by atoms with van der Waals surface area (Å²) >= 11 is 9.40. The fourth-order valence-corrected chi connectivity index (χ4v) is 3.34. The highest BCUT2D eigenvalue weighted by atomic mass is 79.9. The number of para-hydroxylation sites is 2. The third-order valence-corrected chi connectivity index (χ3v) is 5.27. The number of hydrogen-bond donors (Lipinski definition) is 1. The SMILES string of the molecule is O=C(COc1ccc2c(=O)c(Oc3ccccc3Br)coc2c1)Nc1ccccc1Cl. The molecule has 0 aliphatic rings. The molecule has 1 aromatic heterocycles. The van der Waals surface area contributed by atoms with Gasteiger partial charge in [0.1, 0.15) is 23.3 Å². The highest BCUT2D eigenvalue weighted by Crippen LogP contribution is 2.29. The molecular formula is C23H15BrClNO5. The molecule has 0 saturated heterocycles. The molecule has 0 fully saturated rings. The lowest BCUT2D eigenvalue weighted by molar-refractivity contribution is -0.118. The van der Waals surface area contributed by atoms with E-state index in [1.165, 1.54) is 6.26 Å². The van der Waals surface area contributed by atoms with Crippen LogP contribution in [0.5, 0.6) is 17.2 Å². The number of hydrogen-bond acceptors (Lipinski definition) is 5. The van der Waals surface area contributed by atoms with E-state index in [0.717, 1.165) is 0 Å². The van der Waals surface area contributed by atoms with Gasteiger partial charge in [-0.15, -0.1) is 0 Å². The number of carbonyl (C=O) groups is 1. The largest absolute Gasteiger partial charge is 0.484 e. The third kappa shape index (κ3) is 4.90. The summed E-state index contributed by atoms with van der Waals surface area (Å²) in [6.45, 7) is -0.232. The number of anilines is 1. The second-order valence-electron chi connectivity index (χ2n) is 6.44. The van der Waals surface area contributed by atoms with Crippen molar-refractivity contribution in [2.45, 2.75) is 0 Å². The molecule has 1 N–H and O–H groups in total. The van der Waals surface area contributed by atoms with Crippen LogP contribution >= 0.6 is 27.5 Å². The van der Waals surface area contributed by atoms with Gasteiger partial charge in [0, 0.05) is 6.07 Å². The minimum absolute atomic E-state index is 0.0622. The predicted molar refractivity (Wildman–Crippen MR) is 122 cm³/mol. The molecule has 0 aliphatic carbocycles. The van der Waals surface area contributed by atoms with Crippen molar-refractivity contribution in [3.8, 4) is 17.2 Å². The number of nitrogens with one attached hydrogen (secondary N) is 1. The quantitative estimate of drug-likeness (QED) is 0.350. The first-order valence-electron chi connectivity index (χ1n) is 9.16. The molecule has 4 rings (SSSR count). The Hall–Kier alpha value is -3.29. The number of halogens is 2. The maximum atomic E-state index is 12.7. The lowest BCUT2D eigenvalue weighted by atomic mass is 10.2. The summed E-state index contributed by atoms with van der Waals surface area (Å²) in [7, 11) is 0. The molecule has 0 unspecified atom stereocenters. The molecule has 0 radical (unpaired) electrons. The molecule has 8 heteroatoms. The van der Waals surface area contributed by atoms with E-state index in [2.05, 4.69) is 21.2 Å². The Morgan fingerprint density at radius 3 is 2.61 bits per heavy atom. The fraction of sp³-hybridized carbons (Fsp3) is 0.0435. The number of benzene rings is 3. The number of rotatable bonds is 6. The Morgan fingerprint density at radius 2 is 1.81 bits per heavy atom. The number of carbonyl (C=O) groups excluding carboxylic acids is 1.